The van der Waals surface area contributed by atoms with Gasteiger partial charge in [0.2, 0.25) is 0 Å². The van der Waals surface area contributed by atoms with Gasteiger partial charge in [-0.2, -0.15) is 0 Å². The third-order valence-corrected chi connectivity index (χ3v) is 3.88. The number of hydrogen-bond donors (Lipinski definition) is 1. The van der Waals surface area contributed by atoms with Gasteiger partial charge in [-0.3, -0.25) is 4.99 Å². The molecule has 1 saturated heterocycles. The van der Waals surface area contributed by atoms with E-state index in [1.807, 2.05) is 0 Å². The van der Waals surface area contributed by atoms with Crippen molar-refractivity contribution >= 4 is 5.96 Å². The molecule has 1 fully saturated rings. The van der Waals surface area contributed by atoms with Gasteiger partial charge in [0, 0.05) is 26.7 Å². The van der Waals surface area contributed by atoms with Gasteiger partial charge in [-0.05, 0) is 36.8 Å². The SMILES string of the molecule is CN=C(NCCc1cccc(F)c1F)N1CCCC(C)C1. The monoisotopic (exact) mass is 295 g/mol. The van der Waals surface area contributed by atoms with Crippen LogP contribution in [0.4, 0.5) is 8.78 Å². The number of halogens is 2. The molecule has 1 aliphatic heterocycles. The first-order valence-corrected chi connectivity index (χ1v) is 7.50. The number of rotatable bonds is 3. The highest BCUT2D eigenvalue weighted by atomic mass is 19.2. The van der Waals surface area contributed by atoms with Crippen LogP contribution in [0.1, 0.15) is 25.3 Å². The number of nitrogens with one attached hydrogen (secondary N) is 1. The summed E-state index contributed by atoms with van der Waals surface area (Å²) >= 11 is 0. The number of guanidine groups is 1. The van der Waals surface area contributed by atoms with Crippen LogP contribution in [0.15, 0.2) is 23.2 Å². The van der Waals surface area contributed by atoms with Crippen LogP contribution in [-0.4, -0.2) is 37.5 Å². The van der Waals surface area contributed by atoms with E-state index in [4.69, 9.17) is 0 Å². The molecule has 0 amide bonds. The van der Waals surface area contributed by atoms with Gasteiger partial charge in [-0.1, -0.05) is 19.1 Å². The van der Waals surface area contributed by atoms with E-state index in [0.717, 1.165) is 25.1 Å². The molecule has 0 aliphatic carbocycles. The van der Waals surface area contributed by atoms with E-state index < -0.39 is 11.6 Å². The highest BCUT2D eigenvalue weighted by molar-refractivity contribution is 5.79. The molecular formula is C16H23F2N3. The molecule has 1 atom stereocenters. The molecule has 3 nitrogen and oxygen atoms in total. The Bertz CT molecular complexity index is 502. The van der Waals surface area contributed by atoms with Crippen molar-refractivity contribution in [3.05, 3.63) is 35.4 Å². The molecule has 1 unspecified atom stereocenters. The van der Waals surface area contributed by atoms with Crippen LogP contribution in [0.25, 0.3) is 0 Å². The lowest BCUT2D eigenvalue weighted by molar-refractivity contribution is 0.266. The van der Waals surface area contributed by atoms with Crippen molar-refractivity contribution in [2.75, 3.05) is 26.7 Å². The number of piperidine rings is 1. The first-order valence-electron chi connectivity index (χ1n) is 7.50. The van der Waals surface area contributed by atoms with Gasteiger partial charge in [0.05, 0.1) is 0 Å². The van der Waals surface area contributed by atoms with Gasteiger partial charge in [-0.25, -0.2) is 8.78 Å². The maximum absolute atomic E-state index is 13.6. The third kappa shape index (κ3) is 4.16. The Balaban J connectivity index is 1.88. The summed E-state index contributed by atoms with van der Waals surface area (Å²) in [5.41, 5.74) is 0.393. The fourth-order valence-electron chi connectivity index (χ4n) is 2.76. The molecule has 0 radical (unpaired) electrons. The number of benzene rings is 1. The van der Waals surface area contributed by atoms with Crippen molar-refractivity contribution in [3.63, 3.8) is 0 Å². The Morgan fingerprint density at radius 2 is 2.24 bits per heavy atom. The zero-order chi connectivity index (χ0) is 15.2. The molecule has 116 valence electrons. The van der Waals surface area contributed by atoms with E-state index >= 15 is 0 Å². The lowest BCUT2D eigenvalue weighted by Gasteiger charge is -2.33. The highest BCUT2D eigenvalue weighted by Crippen LogP contribution is 2.15. The normalized spacial score (nSPS) is 19.7. The summed E-state index contributed by atoms with van der Waals surface area (Å²) in [4.78, 5) is 6.51. The Morgan fingerprint density at radius 3 is 2.95 bits per heavy atom. The summed E-state index contributed by atoms with van der Waals surface area (Å²) in [5.74, 6) is -0.0288. The van der Waals surface area contributed by atoms with Gasteiger partial charge in [-0.15, -0.1) is 0 Å². The van der Waals surface area contributed by atoms with Crippen molar-refractivity contribution in [2.45, 2.75) is 26.2 Å². The molecule has 0 bridgehead atoms. The van der Waals surface area contributed by atoms with Crippen LogP contribution in [-0.2, 0) is 6.42 Å². The second-order valence-corrected chi connectivity index (χ2v) is 5.63. The average molecular weight is 295 g/mol. The zero-order valence-corrected chi connectivity index (χ0v) is 12.7. The fraction of sp³-hybridized carbons (Fsp3) is 0.562. The second kappa shape index (κ2) is 7.38. The first kappa shape index (κ1) is 15.7. The molecule has 5 heteroatoms. The van der Waals surface area contributed by atoms with E-state index in [9.17, 15) is 8.78 Å². The third-order valence-electron chi connectivity index (χ3n) is 3.88. The Kier molecular flexibility index (Phi) is 5.53. The lowest BCUT2D eigenvalue weighted by Crippen LogP contribution is -2.46. The van der Waals surface area contributed by atoms with Crippen LogP contribution in [0.5, 0.6) is 0 Å². The lowest BCUT2D eigenvalue weighted by atomic mass is 10.0. The van der Waals surface area contributed by atoms with E-state index in [1.165, 1.54) is 18.9 Å². The summed E-state index contributed by atoms with van der Waals surface area (Å²) in [6, 6.07) is 4.29. The van der Waals surface area contributed by atoms with Crippen LogP contribution in [0.2, 0.25) is 0 Å². The quantitative estimate of drug-likeness (QED) is 0.686. The molecule has 0 spiro atoms. The smallest absolute Gasteiger partial charge is 0.193 e. The summed E-state index contributed by atoms with van der Waals surface area (Å²) in [6.45, 7) is 4.77. The predicted octanol–water partition coefficient (Wildman–Crippen LogP) is 2.81. The molecule has 1 aromatic carbocycles. The average Bonchev–Trinajstić information content (AvgIpc) is 2.48. The maximum Gasteiger partial charge on any atom is 0.193 e. The Morgan fingerprint density at radius 1 is 1.43 bits per heavy atom. The molecule has 1 aliphatic rings. The van der Waals surface area contributed by atoms with E-state index in [-0.39, 0.29) is 0 Å². The van der Waals surface area contributed by atoms with Crippen molar-refractivity contribution in [3.8, 4) is 0 Å². The number of likely N-dealkylation sites (tertiary alicyclic amines) is 1. The first-order chi connectivity index (χ1) is 10.1. The Labute approximate surface area is 125 Å². The molecule has 1 aromatic rings. The zero-order valence-electron chi connectivity index (χ0n) is 12.7. The molecule has 0 aromatic heterocycles. The summed E-state index contributed by atoms with van der Waals surface area (Å²) in [6.07, 6.45) is 2.86. The molecule has 1 heterocycles. The minimum atomic E-state index is -0.790. The van der Waals surface area contributed by atoms with Crippen molar-refractivity contribution < 1.29 is 8.78 Å². The summed E-state index contributed by atoms with van der Waals surface area (Å²) in [5, 5.41) is 3.24. The van der Waals surface area contributed by atoms with E-state index in [0.29, 0.717) is 24.4 Å². The van der Waals surface area contributed by atoms with Crippen LogP contribution >= 0.6 is 0 Å². The van der Waals surface area contributed by atoms with Gasteiger partial charge in [0.1, 0.15) is 0 Å². The largest absolute Gasteiger partial charge is 0.356 e. The van der Waals surface area contributed by atoms with Crippen molar-refractivity contribution in [1.82, 2.24) is 10.2 Å². The number of aliphatic imine (C=N–C) groups is 1. The topological polar surface area (TPSA) is 27.6 Å². The minimum Gasteiger partial charge on any atom is -0.356 e. The van der Waals surface area contributed by atoms with Crippen LogP contribution in [0.3, 0.4) is 0 Å². The number of nitrogens with zero attached hydrogens (tertiary/aromatic N) is 2. The molecule has 2 rings (SSSR count). The number of hydrogen-bond acceptors (Lipinski definition) is 1. The highest BCUT2D eigenvalue weighted by Gasteiger charge is 2.19. The van der Waals surface area contributed by atoms with Gasteiger partial charge < -0.3 is 10.2 Å². The second-order valence-electron chi connectivity index (χ2n) is 5.63. The molecule has 21 heavy (non-hydrogen) atoms. The summed E-state index contributed by atoms with van der Waals surface area (Å²) < 4.78 is 26.7. The standard InChI is InChI=1S/C16H23F2N3/c1-12-5-4-10-21(11-12)16(19-2)20-9-8-13-6-3-7-14(17)15(13)18/h3,6-7,12H,4-5,8-11H2,1-2H3,(H,19,20). The summed E-state index contributed by atoms with van der Waals surface area (Å²) in [7, 11) is 1.75. The van der Waals surface area contributed by atoms with Crippen LogP contribution in [0, 0.1) is 17.6 Å². The van der Waals surface area contributed by atoms with Crippen LogP contribution < -0.4 is 5.32 Å². The molecule has 0 saturated carbocycles. The van der Waals surface area contributed by atoms with Crippen molar-refractivity contribution in [1.29, 1.82) is 0 Å². The molecular weight excluding hydrogens is 272 g/mol. The fourth-order valence-corrected chi connectivity index (χ4v) is 2.76. The van der Waals surface area contributed by atoms with E-state index in [1.54, 1.807) is 13.1 Å². The van der Waals surface area contributed by atoms with Crippen molar-refractivity contribution in [2.24, 2.45) is 10.9 Å². The Hall–Kier alpha value is -1.65. The van der Waals surface area contributed by atoms with Gasteiger partial charge in [0.15, 0.2) is 17.6 Å². The van der Waals surface area contributed by atoms with Gasteiger partial charge in [0.25, 0.3) is 0 Å². The predicted molar refractivity (Wildman–Crippen MR) is 81.4 cm³/mol. The minimum absolute atomic E-state index is 0.393. The maximum atomic E-state index is 13.6. The molecule has 1 N–H and O–H groups in total. The van der Waals surface area contributed by atoms with E-state index in [2.05, 4.69) is 22.1 Å². The van der Waals surface area contributed by atoms with Gasteiger partial charge >= 0.3 is 0 Å².